The Morgan fingerprint density at radius 2 is 1.79 bits per heavy atom. The number of likely N-dealkylation sites (N-methyl/N-ethyl adjacent to an activating group) is 1. The van der Waals surface area contributed by atoms with Crippen molar-refractivity contribution in [3.8, 4) is 0 Å². The molecule has 3 heterocycles. The molecule has 0 bridgehead atoms. The second-order valence-corrected chi connectivity index (χ2v) is 8.56. The molecule has 0 saturated carbocycles. The third kappa shape index (κ3) is 3.29. The lowest BCUT2D eigenvalue weighted by Gasteiger charge is -2.40. The number of aliphatic imine (C=N–C) groups is 1. The maximum absolute atomic E-state index is 13.5. The van der Waals surface area contributed by atoms with Gasteiger partial charge in [-0.15, -0.1) is 0 Å². The summed E-state index contributed by atoms with van der Waals surface area (Å²) < 4.78 is 5.12. The van der Waals surface area contributed by atoms with Gasteiger partial charge in [-0.3, -0.25) is 19.5 Å². The fourth-order valence-corrected chi connectivity index (χ4v) is 4.55. The van der Waals surface area contributed by atoms with E-state index in [2.05, 4.69) is 36.9 Å². The van der Waals surface area contributed by atoms with Gasteiger partial charge in [0.05, 0.1) is 18.8 Å². The monoisotopic (exact) mass is 445 g/mol. The number of rotatable bonds is 5. The predicted molar refractivity (Wildman–Crippen MR) is 126 cm³/mol. The number of carbonyl (C=O) groups excluding carboxylic acids is 2. The number of fused-ring (bicyclic) bond motifs is 3. The zero-order valence-electron chi connectivity index (χ0n) is 19.2. The molecule has 170 valence electrons. The van der Waals surface area contributed by atoms with Crippen molar-refractivity contribution in [3.63, 3.8) is 0 Å². The van der Waals surface area contributed by atoms with Crippen molar-refractivity contribution in [1.29, 1.82) is 0 Å². The number of urea groups is 1. The Kier molecular flexibility index (Phi) is 5.17. The van der Waals surface area contributed by atoms with Crippen molar-refractivity contribution in [1.82, 2.24) is 14.7 Å². The summed E-state index contributed by atoms with van der Waals surface area (Å²) in [5, 5.41) is 0. The highest BCUT2D eigenvalue weighted by atomic mass is 16.5. The first-order valence-electron chi connectivity index (χ1n) is 11.0. The lowest BCUT2D eigenvalue weighted by atomic mass is 10.1. The zero-order chi connectivity index (χ0) is 23.3. The van der Waals surface area contributed by atoms with Gasteiger partial charge in [-0.05, 0) is 37.1 Å². The highest BCUT2D eigenvalue weighted by Crippen LogP contribution is 2.40. The van der Waals surface area contributed by atoms with Crippen LogP contribution < -0.4 is 4.90 Å². The van der Waals surface area contributed by atoms with Crippen molar-refractivity contribution >= 4 is 29.3 Å². The molecule has 3 aliphatic rings. The first kappa shape index (κ1) is 21.2. The Balaban J connectivity index is 1.60. The van der Waals surface area contributed by atoms with E-state index in [1.54, 1.807) is 19.1 Å². The third-order valence-electron chi connectivity index (χ3n) is 6.55. The molecule has 0 N–H and O–H groups in total. The summed E-state index contributed by atoms with van der Waals surface area (Å²) in [5.74, 6) is 0.387. The van der Waals surface area contributed by atoms with Crippen LogP contribution in [0.15, 0.2) is 59.7 Å². The molecule has 1 fully saturated rings. The van der Waals surface area contributed by atoms with Gasteiger partial charge in [0, 0.05) is 31.6 Å². The van der Waals surface area contributed by atoms with E-state index in [0.29, 0.717) is 5.96 Å². The molecule has 33 heavy (non-hydrogen) atoms. The van der Waals surface area contributed by atoms with E-state index < -0.39 is 12.2 Å². The molecule has 2 atom stereocenters. The van der Waals surface area contributed by atoms with Gasteiger partial charge in [0.1, 0.15) is 0 Å². The van der Waals surface area contributed by atoms with Gasteiger partial charge in [0.15, 0.2) is 12.2 Å². The summed E-state index contributed by atoms with van der Waals surface area (Å²) in [6, 6.07) is 15.4. The summed E-state index contributed by atoms with van der Waals surface area (Å²) >= 11 is 0. The van der Waals surface area contributed by atoms with E-state index in [1.165, 1.54) is 16.0 Å². The predicted octanol–water partition coefficient (Wildman–Crippen LogP) is 3.03. The maximum atomic E-state index is 13.5. The minimum atomic E-state index is -0.616. The van der Waals surface area contributed by atoms with Crippen molar-refractivity contribution in [3.05, 3.63) is 71.4 Å². The molecule has 0 radical (unpaired) electrons. The van der Waals surface area contributed by atoms with E-state index in [4.69, 9.17) is 9.73 Å². The topological polar surface area (TPSA) is 68.7 Å². The molecule has 0 aromatic heterocycles. The second kappa shape index (κ2) is 8.04. The first-order chi connectivity index (χ1) is 15.9. The van der Waals surface area contributed by atoms with Gasteiger partial charge in [0.2, 0.25) is 5.96 Å². The van der Waals surface area contributed by atoms with Crippen molar-refractivity contribution < 1.29 is 14.3 Å². The molecule has 0 aliphatic carbocycles. The van der Waals surface area contributed by atoms with E-state index in [0.717, 1.165) is 16.9 Å². The molecule has 8 nitrogen and oxygen atoms in total. The molecular weight excluding hydrogens is 418 g/mol. The van der Waals surface area contributed by atoms with Gasteiger partial charge in [0.25, 0.3) is 5.91 Å². The number of benzene rings is 2. The number of imide groups is 1. The summed E-state index contributed by atoms with van der Waals surface area (Å²) in [5.41, 5.74) is 5.30. The second-order valence-electron chi connectivity index (χ2n) is 8.56. The Labute approximate surface area is 193 Å². The molecule has 5 rings (SSSR count). The van der Waals surface area contributed by atoms with Crippen LogP contribution in [0.4, 0.5) is 10.5 Å². The molecule has 2 unspecified atom stereocenters. The first-order valence-corrected chi connectivity index (χ1v) is 11.0. The van der Waals surface area contributed by atoms with Crippen molar-refractivity contribution in [2.75, 3.05) is 32.2 Å². The van der Waals surface area contributed by atoms with Gasteiger partial charge >= 0.3 is 6.03 Å². The van der Waals surface area contributed by atoms with Crippen LogP contribution in [0.2, 0.25) is 0 Å². The average molecular weight is 446 g/mol. The Hall–Kier alpha value is -3.65. The quantitative estimate of drug-likeness (QED) is 0.708. The summed E-state index contributed by atoms with van der Waals surface area (Å²) in [7, 11) is 3.25. The van der Waals surface area contributed by atoms with E-state index in [9.17, 15) is 9.59 Å². The van der Waals surface area contributed by atoms with Gasteiger partial charge < -0.3 is 9.64 Å². The van der Waals surface area contributed by atoms with Crippen LogP contribution >= 0.6 is 0 Å². The number of carbonyl (C=O) groups is 2. The lowest BCUT2D eigenvalue weighted by Crippen LogP contribution is -2.64. The average Bonchev–Trinajstić information content (AvgIpc) is 3.36. The number of anilines is 1. The van der Waals surface area contributed by atoms with Crippen LogP contribution in [0, 0.1) is 13.8 Å². The number of methoxy groups -OCH3 is 1. The summed E-state index contributed by atoms with van der Waals surface area (Å²) in [4.78, 5) is 38.0. The molecule has 3 amide bonds. The number of aryl methyl sites for hydroxylation is 2. The minimum Gasteiger partial charge on any atom is -0.383 e. The van der Waals surface area contributed by atoms with Crippen LogP contribution in [0.3, 0.4) is 0 Å². The van der Waals surface area contributed by atoms with Crippen LogP contribution in [0.5, 0.6) is 0 Å². The molecule has 8 heteroatoms. The number of ether oxygens (including phenoxy) is 1. The molecule has 2 aromatic carbocycles. The number of hydrogen-bond donors (Lipinski definition) is 0. The molecule has 3 aliphatic heterocycles. The minimum absolute atomic E-state index is 0.209. The fourth-order valence-electron chi connectivity index (χ4n) is 4.55. The third-order valence-corrected chi connectivity index (χ3v) is 6.55. The van der Waals surface area contributed by atoms with Gasteiger partial charge in [-0.1, -0.05) is 36.4 Å². The van der Waals surface area contributed by atoms with E-state index >= 15 is 0 Å². The van der Waals surface area contributed by atoms with E-state index in [-0.39, 0.29) is 25.1 Å². The molecule has 2 aromatic rings. The highest BCUT2D eigenvalue weighted by molar-refractivity contribution is 6.16. The normalized spacial score (nSPS) is 21.9. The molecule has 1 saturated heterocycles. The van der Waals surface area contributed by atoms with Gasteiger partial charge in [-0.2, -0.15) is 0 Å². The standard InChI is InChI=1S/C25H27N5O3/c1-16-10-11-19(14-17(16)2)30-20(18-8-6-5-7-9-18)15-29-21-22(26-24(29)30)27(3)25(32)28(23(21)31)12-13-33-4/h5-11,14-15,21-22H,12-13H2,1-4H3. The fraction of sp³-hybridized carbons (Fsp3) is 0.320. The maximum Gasteiger partial charge on any atom is 0.328 e. The zero-order valence-corrected chi connectivity index (χ0v) is 19.2. The molecule has 0 spiro atoms. The number of hydrogen-bond acceptors (Lipinski definition) is 6. The van der Waals surface area contributed by atoms with Crippen molar-refractivity contribution in [2.45, 2.75) is 26.1 Å². The Morgan fingerprint density at radius 3 is 2.48 bits per heavy atom. The Bertz CT molecular complexity index is 1180. The number of amides is 3. The van der Waals surface area contributed by atoms with Crippen LogP contribution in [0.25, 0.3) is 5.70 Å². The molecular formula is C25H27N5O3. The number of guanidine groups is 1. The Morgan fingerprint density at radius 1 is 1.03 bits per heavy atom. The van der Waals surface area contributed by atoms with Gasteiger partial charge in [-0.25, -0.2) is 9.79 Å². The summed E-state index contributed by atoms with van der Waals surface area (Å²) in [6.07, 6.45) is 1.39. The van der Waals surface area contributed by atoms with Crippen molar-refractivity contribution in [2.24, 2.45) is 4.99 Å². The van der Waals surface area contributed by atoms with E-state index in [1.807, 2.05) is 41.4 Å². The van der Waals surface area contributed by atoms with Crippen LogP contribution in [-0.4, -0.2) is 72.1 Å². The highest BCUT2D eigenvalue weighted by Gasteiger charge is 2.54. The number of nitrogens with zero attached hydrogens (tertiary/aromatic N) is 5. The van der Waals surface area contributed by atoms with Crippen LogP contribution in [0.1, 0.15) is 16.7 Å². The SMILES string of the molecule is COCCN1C(=O)C2C(N=C3N(c4ccc(C)c(C)c4)C(c4ccccc4)=CN32)N(C)C1=O. The lowest BCUT2D eigenvalue weighted by molar-refractivity contribution is -0.137. The largest absolute Gasteiger partial charge is 0.383 e. The van der Waals surface area contributed by atoms with Crippen LogP contribution in [-0.2, 0) is 9.53 Å². The smallest absolute Gasteiger partial charge is 0.328 e. The summed E-state index contributed by atoms with van der Waals surface area (Å²) in [6.45, 7) is 4.66.